The highest BCUT2D eigenvalue weighted by molar-refractivity contribution is 8.00. The molecule has 1 amide bonds. The molecule has 0 fully saturated rings. The highest BCUT2D eigenvalue weighted by Crippen LogP contribution is 2.29. The van der Waals surface area contributed by atoms with Gasteiger partial charge in [0.05, 0.1) is 0 Å². The Kier molecular flexibility index (Phi) is 5.27. The summed E-state index contributed by atoms with van der Waals surface area (Å²) in [4.78, 5) is 12.1. The maximum Gasteiger partial charge on any atom is 0.257 e. The molecule has 0 aliphatic rings. The zero-order chi connectivity index (χ0) is 16.9. The normalized spacial score (nSPS) is 10.6. The summed E-state index contributed by atoms with van der Waals surface area (Å²) in [5.74, 6) is 0.673. The van der Waals surface area contributed by atoms with Crippen molar-refractivity contribution in [1.29, 1.82) is 0 Å². The molecule has 0 saturated heterocycles. The van der Waals surface area contributed by atoms with E-state index in [9.17, 15) is 4.79 Å². The Morgan fingerprint density at radius 1 is 1.12 bits per heavy atom. The van der Waals surface area contributed by atoms with Crippen LogP contribution in [0.15, 0.2) is 52.9 Å². The van der Waals surface area contributed by atoms with Crippen molar-refractivity contribution in [2.45, 2.75) is 23.9 Å². The van der Waals surface area contributed by atoms with Crippen molar-refractivity contribution < 1.29 is 4.79 Å². The first-order chi connectivity index (χ1) is 11.6. The number of nitrogens with zero attached hydrogens (tertiary/aromatic N) is 2. The highest BCUT2D eigenvalue weighted by Gasteiger charge is 2.10. The van der Waals surface area contributed by atoms with Gasteiger partial charge in [-0.05, 0) is 37.1 Å². The second kappa shape index (κ2) is 7.59. The second-order valence-corrected chi connectivity index (χ2v) is 7.61. The van der Waals surface area contributed by atoms with E-state index in [-0.39, 0.29) is 5.91 Å². The Bertz CT molecular complexity index is 846. The van der Waals surface area contributed by atoms with Crippen LogP contribution in [0.4, 0.5) is 5.13 Å². The van der Waals surface area contributed by atoms with Crippen LogP contribution < -0.4 is 5.32 Å². The van der Waals surface area contributed by atoms with Crippen molar-refractivity contribution in [3.8, 4) is 0 Å². The van der Waals surface area contributed by atoms with Crippen LogP contribution in [-0.2, 0) is 5.75 Å². The maximum atomic E-state index is 12.1. The number of rotatable bonds is 5. The molecule has 1 heterocycles. The van der Waals surface area contributed by atoms with Gasteiger partial charge in [0.15, 0.2) is 4.34 Å². The molecule has 0 atom stereocenters. The molecule has 0 radical (unpaired) electrons. The van der Waals surface area contributed by atoms with Gasteiger partial charge in [-0.2, -0.15) is 0 Å². The van der Waals surface area contributed by atoms with Gasteiger partial charge in [0, 0.05) is 11.3 Å². The molecule has 0 aliphatic heterocycles. The minimum absolute atomic E-state index is 0.169. The Labute approximate surface area is 149 Å². The lowest BCUT2D eigenvalue weighted by Crippen LogP contribution is -2.11. The number of thioether (sulfide) groups is 1. The number of carbonyl (C=O) groups excluding carboxylic acids is 1. The lowest BCUT2D eigenvalue weighted by atomic mass is 10.1. The second-order valence-electron chi connectivity index (χ2n) is 5.41. The fraction of sp³-hybridized carbons (Fsp3) is 0.167. The number of aromatic nitrogens is 2. The van der Waals surface area contributed by atoms with E-state index >= 15 is 0 Å². The average Bonchev–Trinajstić information content (AvgIpc) is 3.04. The van der Waals surface area contributed by atoms with Gasteiger partial charge in [0.1, 0.15) is 0 Å². The number of benzene rings is 2. The summed E-state index contributed by atoms with van der Waals surface area (Å²) in [7, 11) is 0. The fourth-order valence-electron chi connectivity index (χ4n) is 2.17. The molecule has 0 unspecified atom stereocenters. The van der Waals surface area contributed by atoms with E-state index in [1.165, 1.54) is 28.0 Å². The third-order valence-corrected chi connectivity index (χ3v) is 5.54. The molecule has 0 aliphatic carbocycles. The molecule has 2 aromatic carbocycles. The van der Waals surface area contributed by atoms with Crippen molar-refractivity contribution in [2.24, 2.45) is 0 Å². The maximum absolute atomic E-state index is 12.1. The summed E-state index contributed by atoms with van der Waals surface area (Å²) in [5, 5.41) is 11.5. The Morgan fingerprint density at radius 3 is 2.71 bits per heavy atom. The van der Waals surface area contributed by atoms with Crippen molar-refractivity contribution >= 4 is 34.1 Å². The largest absolute Gasteiger partial charge is 0.296 e. The minimum atomic E-state index is -0.169. The molecular formula is C18H17N3OS2. The SMILES string of the molecule is Cc1ccc(C)c(CSc2nnc(NC(=O)c3ccccc3)s2)c1. The topological polar surface area (TPSA) is 54.9 Å². The van der Waals surface area contributed by atoms with Crippen LogP contribution >= 0.6 is 23.1 Å². The molecule has 4 nitrogen and oxygen atoms in total. The third kappa shape index (κ3) is 4.21. The van der Waals surface area contributed by atoms with Crippen LogP contribution in [0.3, 0.4) is 0 Å². The Hall–Kier alpha value is -2.18. The zero-order valence-electron chi connectivity index (χ0n) is 13.4. The lowest BCUT2D eigenvalue weighted by Gasteiger charge is -2.05. The van der Waals surface area contributed by atoms with Gasteiger partial charge in [-0.25, -0.2) is 0 Å². The third-order valence-electron chi connectivity index (χ3n) is 3.52. The van der Waals surface area contributed by atoms with Crippen LogP contribution in [0.2, 0.25) is 0 Å². The molecule has 3 aromatic rings. The van der Waals surface area contributed by atoms with Crippen LogP contribution in [-0.4, -0.2) is 16.1 Å². The Balaban J connectivity index is 1.61. The molecule has 24 heavy (non-hydrogen) atoms. The van der Waals surface area contributed by atoms with E-state index in [0.717, 1.165) is 10.1 Å². The highest BCUT2D eigenvalue weighted by atomic mass is 32.2. The van der Waals surface area contributed by atoms with Crippen molar-refractivity contribution in [1.82, 2.24) is 10.2 Å². The van der Waals surface area contributed by atoms with E-state index in [1.54, 1.807) is 23.9 Å². The van der Waals surface area contributed by atoms with Gasteiger partial charge in [0.25, 0.3) is 5.91 Å². The smallest absolute Gasteiger partial charge is 0.257 e. The lowest BCUT2D eigenvalue weighted by molar-refractivity contribution is 0.102. The van der Waals surface area contributed by atoms with E-state index in [0.29, 0.717) is 10.7 Å². The predicted molar refractivity (Wildman–Crippen MR) is 99.8 cm³/mol. The molecule has 0 bridgehead atoms. The fourth-order valence-corrected chi connectivity index (χ4v) is 3.98. The van der Waals surface area contributed by atoms with Gasteiger partial charge in [0.2, 0.25) is 5.13 Å². The van der Waals surface area contributed by atoms with Gasteiger partial charge < -0.3 is 0 Å². The summed E-state index contributed by atoms with van der Waals surface area (Å²) in [6.07, 6.45) is 0. The van der Waals surface area contributed by atoms with Gasteiger partial charge in [-0.1, -0.05) is 65.1 Å². The summed E-state index contributed by atoms with van der Waals surface area (Å²) in [5.41, 5.74) is 4.43. The minimum Gasteiger partial charge on any atom is -0.296 e. The molecule has 6 heteroatoms. The number of carbonyl (C=O) groups is 1. The van der Waals surface area contributed by atoms with Crippen LogP contribution in [0.5, 0.6) is 0 Å². The molecular weight excluding hydrogens is 338 g/mol. The number of nitrogens with one attached hydrogen (secondary N) is 1. The number of aryl methyl sites for hydroxylation is 2. The quantitative estimate of drug-likeness (QED) is 0.532. The van der Waals surface area contributed by atoms with E-state index in [2.05, 4.69) is 47.6 Å². The molecule has 0 saturated carbocycles. The summed E-state index contributed by atoms with van der Waals surface area (Å²) in [6, 6.07) is 15.5. The first-order valence-electron chi connectivity index (χ1n) is 7.50. The predicted octanol–water partition coefficient (Wildman–Crippen LogP) is 4.70. The molecule has 0 spiro atoms. The van der Waals surface area contributed by atoms with E-state index < -0.39 is 0 Å². The summed E-state index contributed by atoms with van der Waals surface area (Å²) >= 11 is 3.03. The van der Waals surface area contributed by atoms with Crippen LogP contribution in [0.25, 0.3) is 0 Å². The van der Waals surface area contributed by atoms with Gasteiger partial charge in [-0.15, -0.1) is 10.2 Å². The molecule has 122 valence electrons. The monoisotopic (exact) mass is 355 g/mol. The summed E-state index contributed by atoms with van der Waals surface area (Å²) < 4.78 is 0.847. The number of amides is 1. The van der Waals surface area contributed by atoms with Crippen molar-refractivity contribution in [2.75, 3.05) is 5.32 Å². The molecule has 1 aromatic heterocycles. The van der Waals surface area contributed by atoms with Crippen molar-refractivity contribution in [3.63, 3.8) is 0 Å². The number of hydrogen-bond acceptors (Lipinski definition) is 5. The molecule has 1 N–H and O–H groups in total. The Morgan fingerprint density at radius 2 is 1.92 bits per heavy atom. The first kappa shape index (κ1) is 16.7. The van der Waals surface area contributed by atoms with Gasteiger partial charge in [-0.3, -0.25) is 10.1 Å². The average molecular weight is 355 g/mol. The standard InChI is InChI=1S/C18H17N3OS2/c1-12-8-9-13(2)15(10-12)11-23-18-21-20-17(24-18)19-16(22)14-6-4-3-5-7-14/h3-10H,11H2,1-2H3,(H,19,20,22). The molecule has 3 rings (SSSR count). The van der Waals surface area contributed by atoms with E-state index in [4.69, 9.17) is 0 Å². The van der Waals surface area contributed by atoms with Crippen LogP contribution in [0.1, 0.15) is 27.0 Å². The number of anilines is 1. The van der Waals surface area contributed by atoms with Crippen molar-refractivity contribution in [3.05, 3.63) is 70.8 Å². The zero-order valence-corrected chi connectivity index (χ0v) is 15.1. The van der Waals surface area contributed by atoms with E-state index in [1.807, 2.05) is 18.2 Å². The number of hydrogen-bond donors (Lipinski definition) is 1. The first-order valence-corrected chi connectivity index (χ1v) is 9.31. The van der Waals surface area contributed by atoms with Crippen LogP contribution in [0, 0.1) is 13.8 Å². The van der Waals surface area contributed by atoms with Gasteiger partial charge >= 0.3 is 0 Å². The summed E-state index contributed by atoms with van der Waals surface area (Å²) in [6.45, 7) is 4.21.